The highest BCUT2D eigenvalue weighted by Gasteiger charge is 2.34. The maximum absolute atomic E-state index is 12.6. The molecular formula is C22H23BrN2O2. The van der Waals surface area contributed by atoms with E-state index in [2.05, 4.69) is 39.3 Å². The second kappa shape index (κ2) is 6.57. The summed E-state index contributed by atoms with van der Waals surface area (Å²) >= 11 is 3.33. The Balaban J connectivity index is 1.94. The van der Waals surface area contributed by atoms with Crippen molar-refractivity contribution in [3.8, 4) is 11.4 Å². The van der Waals surface area contributed by atoms with Gasteiger partial charge in [0.25, 0.3) is 0 Å². The van der Waals surface area contributed by atoms with Crippen LogP contribution in [0.5, 0.6) is 0 Å². The van der Waals surface area contributed by atoms with Crippen LogP contribution >= 0.6 is 15.9 Å². The molecule has 1 aliphatic heterocycles. The van der Waals surface area contributed by atoms with Gasteiger partial charge in [0.05, 0.1) is 27.3 Å². The molecule has 0 fully saturated rings. The SMILES string of the molecule is CC1=C(Cn2c3ccc(Br)c(=O)c-3nc3ccccc32)CCC(C)(C)[C@@H]1O. The summed E-state index contributed by atoms with van der Waals surface area (Å²) in [7, 11) is 0. The highest BCUT2D eigenvalue weighted by Crippen LogP contribution is 2.40. The summed E-state index contributed by atoms with van der Waals surface area (Å²) in [6, 6.07) is 11.6. The number of benzene rings is 2. The van der Waals surface area contributed by atoms with Crippen molar-refractivity contribution in [3.05, 3.63) is 62.2 Å². The van der Waals surface area contributed by atoms with Gasteiger partial charge in [-0.1, -0.05) is 26.0 Å². The molecule has 2 aliphatic carbocycles. The highest BCUT2D eigenvalue weighted by molar-refractivity contribution is 9.10. The van der Waals surface area contributed by atoms with E-state index in [1.807, 2.05) is 37.3 Å². The van der Waals surface area contributed by atoms with Crippen LogP contribution in [0.25, 0.3) is 22.4 Å². The fourth-order valence-corrected chi connectivity index (χ4v) is 4.37. The van der Waals surface area contributed by atoms with Crippen molar-refractivity contribution in [2.75, 3.05) is 0 Å². The summed E-state index contributed by atoms with van der Waals surface area (Å²) in [5.74, 6) is 0. The molecule has 27 heavy (non-hydrogen) atoms. The third-order valence-corrected chi connectivity index (χ3v) is 6.51. The van der Waals surface area contributed by atoms with Gasteiger partial charge in [0.2, 0.25) is 5.43 Å². The zero-order valence-electron chi connectivity index (χ0n) is 15.8. The first-order valence-electron chi connectivity index (χ1n) is 9.24. The largest absolute Gasteiger partial charge is 0.388 e. The van der Waals surface area contributed by atoms with Crippen LogP contribution < -0.4 is 5.43 Å². The minimum Gasteiger partial charge on any atom is -0.388 e. The minimum absolute atomic E-state index is 0.0949. The Kier molecular flexibility index (Phi) is 4.47. The van der Waals surface area contributed by atoms with Crippen LogP contribution in [-0.4, -0.2) is 20.8 Å². The monoisotopic (exact) mass is 426 g/mol. The van der Waals surface area contributed by atoms with Crippen molar-refractivity contribution in [1.82, 2.24) is 9.55 Å². The van der Waals surface area contributed by atoms with Gasteiger partial charge in [-0.05, 0) is 76.5 Å². The van der Waals surface area contributed by atoms with Crippen LogP contribution in [0.4, 0.5) is 0 Å². The Morgan fingerprint density at radius 1 is 1.26 bits per heavy atom. The third kappa shape index (κ3) is 3.03. The van der Waals surface area contributed by atoms with E-state index in [4.69, 9.17) is 0 Å². The van der Waals surface area contributed by atoms with E-state index in [-0.39, 0.29) is 10.8 Å². The summed E-state index contributed by atoms with van der Waals surface area (Å²) in [5, 5.41) is 10.7. The van der Waals surface area contributed by atoms with Crippen LogP contribution in [0, 0.1) is 5.41 Å². The Hall–Kier alpha value is -1.98. The van der Waals surface area contributed by atoms with E-state index < -0.39 is 6.10 Å². The molecule has 0 spiro atoms. The number of allylic oxidation sites excluding steroid dienone is 1. The summed E-state index contributed by atoms with van der Waals surface area (Å²) in [6.45, 7) is 6.91. The number of hydrogen-bond donors (Lipinski definition) is 1. The molecule has 5 heteroatoms. The zero-order chi connectivity index (χ0) is 19.3. The van der Waals surface area contributed by atoms with Gasteiger partial charge in [0.15, 0.2) is 0 Å². The number of rotatable bonds is 2. The molecular weight excluding hydrogens is 404 g/mol. The summed E-state index contributed by atoms with van der Waals surface area (Å²) < 4.78 is 2.68. The minimum atomic E-state index is -0.439. The Morgan fingerprint density at radius 3 is 2.78 bits per heavy atom. The fraction of sp³-hybridized carbons (Fsp3) is 0.364. The van der Waals surface area contributed by atoms with E-state index in [1.54, 1.807) is 6.07 Å². The van der Waals surface area contributed by atoms with Crippen molar-refractivity contribution < 1.29 is 5.11 Å². The molecule has 0 bridgehead atoms. The fourth-order valence-electron chi connectivity index (χ4n) is 4.05. The van der Waals surface area contributed by atoms with Crippen LogP contribution in [0.1, 0.15) is 33.6 Å². The zero-order valence-corrected chi connectivity index (χ0v) is 17.4. The lowest BCUT2D eigenvalue weighted by Gasteiger charge is -2.38. The Labute approximate surface area is 167 Å². The predicted molar refractivity (Wildman–Crippen MR) is 112 cm³/mol. The molecule has 3 aliphatic rings. The molecule has 0 saturated heterocycles. The van der Waals surface area contributed by atoms with Gasteiger partial charge < -0.3 is 9.67 Å². The van der Waals surface area contributed by atoms with Crippen molar-refractivity contribution >= 4 is 27.0 Å². The first-order valence-corrected chi connectivity index (χ1v) is 10.0. The molecule has 1 atom stereocenters. The molecule has 1 aromatic rings. The molecule has 0 radical (unpaired) electrons. The van der Waals surface area contributed by atoms with Crippen molar-refractivity contribution in [3.63, 3.8) is 0 Å². The maximum atomic E-state index is 12.6. The van der Waals surface area contributed by atoms with Crippen LogP contribution in [0.2, 0.25) is 0 Å². The lowest BCUT2D eigenvalue weighted by atomic mass is 9.72. The van der Waals surface area contributed by atoms with E-state index in [9.17, 15) is 9.90 Å². The van der Waals surface area contributed by atoms with Gasteiger partial charge in [-0.25, -0.2) is 4.98 Å². The number of aliphatic hydroxyl groups is 1. The van der Waals surface area contributed by atoms with E-state index in [0.29, 0.717) is 16.7 Å². The summed E-state index contributed by atoms with van der Waals surface area (Å²) in [6.07, 6.45) is 1.45. The molecule has 0 saturated carbocycles. The van der Waals surface area contributed by atoms with Gasteiger partial charge in [-0.15, -0.1) is 0 Å². The van der Waals surface area contributed by atoms with Gasteiger partial charge in [-0.2, -0.15) is 0 Å². The third-order valence-electron chi connectivity index (χ3n) is 5.89. The molecule has 0 aromatic heterocycles. The molecule has 0 amide bonds. The quantitative estimate of drug-likeness (QED) is 0.474. The molecule has 1 N–H and O–H groups in total. The molecule has 1 heterocycles. The average Bonchev–Trinajstić information content (AvgIpc) is 2.65. The molecule has 0 unspecified atom stereocenters. The normalized spacial score (nSPS) is 19.8. The smallest absolute Gasteiger partial charge is 0.220 e. The number of aliphatic hydroxyl groups excluding tert-OH is 1. The van der Waals surface area contributed by atoms with E-state index in [1.165, 1.54) is 5.57 Å². The van der Waals surface area contributed by atoms with Gasteiger partial charge in [0.1, 0.15) is 5.69 Å². The maximum Gasteiger partial charge on any atom is 0.220 e. The van der Waals surface area contributed by atoms with Crippen LogP contribution in [0.15, 0.2) is 56.8 Å². The van der Waals surface area contributed by atoms with Crippen LogP contribution in [0.3, 0.4) is 0 Å². The molecule has 1 aromatic carbocycles. The van der Waals surface area contributed by atoms with Gasteiger partial charge in [-0.3, -0.25) is 4.79 Å². The van der Waals surface area contributed by atoms with E-state index >= 15 is 0 Å². The molecule has 4 nitrogen and oxygen atoms in total. The number of halogens is 1. The summed E-state index contributed by atoms with van der Waals surface area (Å²) in [4.78, 5) is 17.3. The molecule has 4 rings (SSSR count). The Morgan fingerprint density at radius 2 is 2.00 bits per heavy atom. The van der Waals surface area contributed by atoms with Crippen molar-refractivity contribution in [2.45, 2.75) is 46.3 Å². The number of nitrogens with zero attached hydrogens (tertiary/aromatic N) is 2. The number of aromatic nitrogens is 2. The van der Waals surface area contributed by atoms with Gasteiger partial charge in [0, 0.05) is 6.54 Å². The number of hydrogen-bond acceptors (Lipinski definition) is 3. The highest BCUT2D eigenvalue weighted by atomic mass is 79.9. The summed E-state index contributed by atoms with van der Waals surface area (Å²) in [5.41, 5.74) is 5.17. The lowest BCUT2D eigenvalue weighted by molar-refractivity contribution is 0.0636. The standard InChI is InChI=1S/C22H23BrN2O2/c1-13-14(10-11-22(2,3)21(13)27)12-25-17-7-5-4-6-16(17)24-19-18(25)9-8-15(23)20(19)26/h4-9,21,27H,10-12H2,1-3H3/t21-/m1/s1. The second-order valence-electron chi connectivity index (χ2n) is 8.11. The number of fused-ring (bicyclic) bond motifs is 2. The predicted octanol–water partition coefficient (Wildman–Crippen LogP) is 4.76. The van der Waals surface area contributed by atoms with Crippen molar-refractivity contribution in [2.24, 2.45) is 5.41 Å². The lowest BCUT2D eigenvalue weighted by Crippen LogP contribution is -2.35. The van der Waals surface area contributed by atoms with Crippen LogP contribution in [-0.2, 0) is 6.54 Å². The van der Waals surface area contributed by atoms with E-state index in [0.717, 1.165) is 35.1 Å². The topological polar surface area (TPSA) is 55.1 Å². The first-order chi connectivity index (χ1) is 12.8. The molecule has 140 valence electrons. The van der Waals surface area contributed by atoms with Crippen molar-refractivity contribution in [1.29, 1.82) is 0 Å². The van der Waals surface area contributed by atoms with Gasteiger partial charge >= 0.3 is 0 Å². The number of para-hydroxylation sites is 2. The second-order valence-corrected chi connectivity index (χ2v) is 8.96. The first kappa shape index (κ1) is 18.4. The average molecular weight is 427 g/mol. The Bertz CT molecular complexity index is 1100.